The van der Waals surface area contributed by atoms with E-state index in [9.17, 15) is 19.2 Å². The molecule has 5 N–H and O–H groups in total. The van der Waals surface area contributed by atoms with E-state index in [0.717, 1.165) is 17.7 Å². The minimum Gasteiger partial charge on any atom is -0.445 e. The minimum atomic E-state index is -0.760. The smallest absolute Gasteiger partial charge is 0.287 e. The Bertz CT molecular complexity index is 1640. The van der Waals surface area contributed by atoms with Gasteiger partial charge in [-0.05, 0) is 43.7 Å². The van der Waals surface area contributed by atoms with Crippen LogP contribution in [0.3, 0.4) is 0 Å². The fourth-order valence-electron chi connectivity index (χ4n) is 3.65. The molecule has 0 bridgehead atoms. The zero-order valence-corrected chi connectivity index (χ0v) is 23.6. The van der Waals surface area contributed by atoms with E-state index in [1.54, 1.807) is 49.6 Å². The molecule has 12 heteroatoms. The number of aryl methyl sites for hydroxylation is 1. The molecule has 0 fully saturated rings. The van der Waals surface area contributed by atoms with E-state index < -0.39 is 29.2 Å². The van der Waals surface area contributed by atoms with Gasteiger partial charge in [0.2, 0.25) is 5.91 Å². The van der Waals surface area contributed by atoms with Crippen LogP contribution in [0.4, 0.5) is 5.69 Å². The van der Waals surface area contributed by atoms with Crippen molar-refractivity contribution in [2.24, 2.45) is 5.11 Å². The van der Waals surface area contributed by atoms with Gasteiger partial charge >= 0.3 is 0 Å². The number of anilines is 1. The standard InChI is InChI=1S/C24H23N7O5.C7H8/c1-14(15-5-8-27-9-6-15)29-24(35)20-13-18(32)12-19(36-20)23(34)28-10-7-21(33)30-17-4-2-3-16(11-17)22(25)31-26;1-7-5-3-2-4-6-7/h2-6,8-9,11-14,25-26H,7,10H2,1H3,(H,28,34)(H,29,35)(H,30,33);2-6H,1H3. The minimum absolute atomic E-state index is 0.0680. The van der Waals surface area contributed by atoms with Crippen molar-refractivity contribution in [2.75, 3.05) is 11.9 Å². The monoisotopic (exact) mass is 581 g/mol. The number of carbonyl (C=O) groups excluding carboxylic acids is 3. The molecule has 0 aliphatic heterocycles. The molecule has 0 radical (unpaired) electrons. The van der Waals surface area contributed by atoms with Crippen LogP contribution in [-0.2, 0) is 4.79 Å². The number of nitrogens with zero attached hydrogens (tertiary/aromatic N) is 2. The highest BCUT2D eigenvalue weighted by Gasteiger charge is 2.18. The van der Waals surface area contributed by atoms with Crippen LogP contribution in [0.5, 0.6) is 0 Å². The third-order valence-corrected chi connectivity index (χ3v) is 5.88. The number of hydrogen-bond acceptors (Lipinski definition) is 8. The number of rotatable bonds is 9. The van der Waals surface area contributed by atoms with Crippen LogP contribution in [0.1, 0.15) is 57.2 Å². The van der Waals surface area contributed by atoms with Crippen molar-refractivity contribution >= 4 is 29.2 Å². The van der Waals surface area contributed by atoms with Crippen LogP contribution in [0.15, 0.2) is 106 Å². The first-order valence-electron chi connectivity index (χ1n) is 13.2. The second-order valence-corrected chi connectivity index (χ2v) is 9.25. The van der Waals surface area contributed by atoms with Crippen LogP contribution in [0, 0.1) is 17.9 Å². The summed E-state index contributed by atoms with van der Waals surface area (Å²) in [7, 11) is 0. The van der Waals surface area contributed by atoms with Gasteiger partial charge in [0.05, 0.1) is 6.04 Å². The van der Waals surface area contributed by atoms with E-state index in [4.69, 9.17) is 15.4 Å². The molecule has 3 amide bonds. The molecule has 43 heavy (non-hydrogen) atoms. The molecule has 1 atom stereocenters. The van der Waals surface area contributed by atoms with Gasteiger partial charge in [-0.15, -0.1) is 5.11 Å². The van der Waals surface area contributed by atoms with Gasteiger partial charge in [-0.2, -0.15) is 0 Å². The molecule has 0 saturated heterocycles. The lowest BCUT2D eigenvalue weighted by Crippen LogP contribution is -2.30. The zero-order valence-electron chi connectivity index (χ0n) is 23.6. The number of amidine groups is 1. The summed E-state index contributed by atoms with van der Waals surface area (Å²) < 4.78 is 5.34. The van der Waals surface area contributed by atoms with E-state index in [0.29, 0.717) is 11.3 Å². The SMILES string of the molecule is CC(NC(=O)c1cc(=O)cc(C(=O)NCCC(=O)Nc2cccc(C(=N)N=N)c2)o1)c1ccncc1.Cc1ccccc1. The number of benzene rings is 2. The third kappa shape index (κ3) is 10.3. The topological polar surface area (TPSA) is 190 Å². The second-order valence-electron chi connectivity index (χ2n) is 9.25. The molecule has 2 aromatic carbocycles. The Balaban J connectivity index is 0.000000633. The molecular weight excluding hydrogens is 550 g/mol. The van der Waals surface area contributed by atoms with Crippen LogP contribution < -0.4 is 21.4 Å². The highest BCUT2D eigenvalue weighted by atomic mass is 16.4. The van der Waals surface area contributed by atoms with Crippen LogP contribution in [0.25, 0.3) is 0 Å². The Kier molecular flexibility index (Phi) is 11.7. The zero-order chi connectivity index (χ0) is 31.2. The molecule has 0 aliphatic carbocycles. The summed E-state index contributed by atoms with van der Waals surface area (Å²) in [4.78, 5) is 53.1. The number of nitrogens with one attached hydrogen (secondary N) is 5. The Labute approximate surface area is 247 Å². The van der Waals surface area contributed by atoms with Gasteiger partial charge in [-0.3, -0.25) is 29.6 Å². The van der Waals surface area contributed by atoms with Crippen molar-refractivity contribution in [1.82, 2.24) is 15.6 Å². The van der Waals surface area contributed by atoms with Gasteiger partial charge in [0.15, 0.2) is 22.8 Å². The van der Waals surface area contributed by atoms with E-state index in [-0.39, 0.29) is 30.3 Å². The maximum Gasteiger partial charge on any atom is 0.287 e. The van der Waals surface area contributed by atoms with Gasteiger partial charge < -0.3 is 20.4 Å². The lowest BCUT2D eigenvalue weighted by Gasteiger charge is -2.13. The highest BCUT2D eigenvalue weighted by Crippen LogP contribution is 2.13. The van der Waals surface area contributed by atoms with Crippen molar-refractivity contribution in [3.8, 4) is 0 Å². The first-order chi connectivity index (χ1) is 20.7. The van der Waals surface area contributed by atoms with Crippen molar-refractivity contribution < 1.29 is 18.8 Å². The van der Waals surface area contributed by atoms with E-state index in [1.807, 2.05) is 18.2 Å². The molecule has 4 rings (SSSR count). The van der Waals surface area contributed by atoms with Crippen molar-refractivity contribution in [3.63, 3.8) is 0 Å². The molecule has 2 heterocycles. The molecule has 1 unspecified atom stereocenters. The average molecular weight is 582 g/mol. The normalized spacial score (nSPS) is 10.7. The van der Waals surface area contributed by atoms with E-state index in [1.165, 1.54) is 11.6 Å². The molecule has 220 valence electrons. The molecule has 2 aromatic heterocycles. The first kappa shape index (κ1) is 31.7. The summed E-state index contributed by atoms with van der Waals surface area (Å²) in [5.41, 5.74) is 9.20. The van der Waals surface area contributed by atoms with Gasteiger partial charge in [-0.25, -0.2) is 5.53 Å². The summed E-state index contributed by atoms with van der Waals surface area (Å²) in [6.45, 7) is 3.76. The summed E-state index contributed by atoms with van der Waals surface area (Å²) in [6, 6.07) is 21.6. The number of pyridine rings is 1. The first-order valence-corrected chi connectivity index (χ1v) is 13.2. The highest BCUT2D eigenvalue weighted by molar-refractivity contribution is 5.99. The summed E-state index contributed by atoms with van der Waals surface area (Å²) in [5, 5.41) is 18.4. The molecule has 4 aromatic rings. The van der Waals surface area contributed by atoms with Crippen molar-refractivity contribution in [1.29, 1.82) is 10.9 Å². The largest absolute Gasteiger partial charge is 0.445 e. The van der Waals surface area contributed by atoms with Gasteiger partial charge in [0.1, 0.15) is 0 Å². The predicted octanol–water partition coefficient (Wildman–Crippen LogP) is 4.64. The van der Waals surface area contributed by atoms with Crippen molar-refractivity contribution in [2.45, 2.75) is 26.3 Å². The lowest BCUT2D eigenvalue weighted by atomic mass is 10.1. The van der Waals surface area contributed by atoms with Gasteiger partial charge in [0.25, 0.3) is 11.8 Å². The van der Waals surface area contributed by atoms with E-state index in [2.05, 4.69) is 45.1 Å². The molecular formula is C31H31N7O5. The number of amides is 3. The van der Waals surface area contributed by atoms with Gasteiger partial charge in [0, 0.05) is 48.7 Å². The summed E-state index contributed by atoms with van der Waals surface area (Å²) in [6.07, 6.45) is 3.08. The van der Waals surface area contributed by atoms with Crippen LogP contribution in [0.2, 0.25) is 0 Å². The Hall–Kier alpha value is -5.78. The Morgan fingerprint density at radius 3 is 2.23 bits per heavy atom. The molecule has 0 aliphatic rings. The quantitative estimate of drug-likeness (QED) is 0.109. The molecule has 12 nitrogen and oxygen atoms in total. The van der Waals surface area contributed by atoms with Crippen LogP contribution in [-0.4, -0.2) is 35.1 Å². The third-order valence-electron chi connectivity index (χ3n) is 5.88. The van der Waals surface area contributed by atoms with Crippen LogP contribution >= 0.6 is 0 Å². The molecule has 0 saturated carbocycles. The van der Waals surface area contributed by atoms with Crippen molar-refractivity contribution in [3.05, 3.63) is 130 Å². The maximum atomic E-state index is 12.5. The van der Waals surface area contributed by atoms with E-state index >= 15 is 0 Å². The fourth-order valence-corrected chi connectivity index (χ4v) is 3.65. The lowest BCUT2D eigenvalue weighted by molar-refractivity contribution is -0.116. The second kappa shape index (κ2) is 15.9. The van der Waals surface area contributed by atoms with Gasteiger partial charge in [-0.1, -0.05) is 48.0 Å². The fraction of sp³-hybridized carbons (Fsp3) is 0.161. The number of carbonyl (C=O) groups is 3. The average Bonchev–Trinajstić information content (AvgIpc) is 3.01. The Morgan fingerprint density at radius 1 is 0.930 bits per heavy atom. The summed E-state index contributed by atoms with van der Waals surface area (Å²) >= 11 is 0. The summed E-state index contributed by atoms with van der Waals surface area (Å²) in [5.74, 6) is -2.78. The Morgan fingerprint density at radius 2 is 1.60 bits per heavy atom. The molecule has 0 spiro atoms. The maximum absolute atomic E-state index is 12.5. The number of aromatic nitrogens is 1. The predicted molar refractivity (Wildman–Crippen MR) is 160 cm³/mol. The number of hydrogen-bond donors (Lipinski definition) is 5.